The summed E-state index contributed by atoms with van der Waals surface area (Å²) in [7, 11) is 0. The molecule has 17 heteroatoms. The number of ether oxygens (including phenoxy) is 5. The molecular weight excluding hydrogens is 708 g/mol. The number of carboxylic acids is 1. The van der Waals surface area contributed by atoms with Gasteiger partial charge in [-0.3, -0.25) is 4.99 Å². The number of carboxylic acid groups (broad SMARTS) is 1. The number of carbonyl (C=O) groups is 2. The first-order valence-electron chi connectivity index (χ1n) is 18.4. The van der Waals surface area contributed by atoms with E-state index in [1.54, 1.807) is 37.1 Å². The van der Waals surface area contributed by atoms with Crippen LogP contribution in [0.25, 0.3) is 0 Å². The monoisotopic (exact) mass is 764 g/mol. The fraction of sp³-hybridized carbons (Fsp3) is 0.649. The predicted molar refractivity (Wildman–Crippen MR) is 194 cm³/mol. The van der Waals surface area contributed by atoms with Gasteiger partial charge < -0.3 is 70.3 Å². The van der Waals surface area contributed by atoms with Crippen molar-refractivity contribution in [2.24, 2.45) is 22.6 Å². The van der Waals surface area contributed by atoms with Gasteiger partial charge in [0.2, 0.25) is 6.29 Å². The minimum absolute atomic E-state index is 0.0583. The fourth-order valence-electron chi connectivity index (χ4n) is 6.77. The zero-order valence-electron chi connectivity index (χ0n) is 30.9. The lowest BCUT2D eigenvalue weighted by Crippen LogP contribution is -2.61. The molecule has 0 aromatic heterocycles. The van der Waals surface area contributed by atoms with Gasteiger partial charge in [0.15, 0.2) is 12.2 Å². The number of guanidine groups is 1. The van der Waals surface area contributed by atoms with E-state index in [0.29, 0.717) is 12.0 Å². The Morgan fingerprint density at radius 3 is 2.50 bits per heavy atom. The Bertz CT molecular complexity index is 1440. The van der Waals surface area contributed by atoms with Crippen LogP contribution in [-0.4, -0.2) is 142 Å². The van der Waals surface area contributed by atoms with Crippen molar-refractivity contribution in [1.82, 2.24) is 10.2 Å². The van der Waals surface area contributed by atoms with E-state index in [9.17, 15) is 35.1 Å². The fourth-order valence-corrected chi connectivity index (χ4v) is 6.77. The molecule has 17 nitrogen and oxygen atoms in total. The lowest BCUT2D eigenvalue weighted by molar-refractivity contribution is -0.348. The number of rotatable bonds is 17. The lowest BCUT2D eigenvalue weighted by atomic mass is 9.83. The van der Waals surface area contributed by atoms with Crippen LogP contribution in [0.2, 0.25) is 0 Å². The minimum Gasteiger partial charge on any atom is -0.478 e. The Hall–Kier alpha value is -3.81. The number of aliphatic hydroxyl groups excluding tert-OH is 5. The van der Waals surface area contributed by atoms with Crippen molar-refractivity contribution < 1.29 is 63.9 Å². The Labute approximate surface area is 315 Å². The Kier molecular flexibility index (Phi) is 16.5. The van der Waals surface area contributed by atoms with Crippen LogP contribution in [0.1, 0.15) is 52.4 Å². The molecule has 2 fully saturated rings. The van der Waals surface area contributed by atoms with Crippen molar-refractivity contribution in [3.8, 4) is 0 Å². The van der Waals surface area contributed by atoms with Crippen LogP contribution in [-0.2, 0) is 33.3 Å². The number of aliphatic carboxylic acids is 1. The molecule has 302 valence electrons. The van der Waals surface area contributed by atoms with E-state index in [1.807, 2.05) is 0 Å². The van der Waals surface area contributed by atoms with Crippen LogP contribution in [0.4, 0.5) is 0 Å². The average molecular weight is 765 g/mol. The van der Waals surface area contributed by atoms with Gasteiger partial charge >= 0.3 is 11.9 Å². The van der Waals surface area contributed by atoms with E-state index in [2.05, 4.69) is 16.9 Å². The van der Waals surface area contributed by atoms with Gasteiger partial charge in [0, 0.05) is 37.4 Å². The van der Waals surface area contributed by atoms with Gasteiger partial charge in [0.25, 0.3) is 0 Å². The molecule has 0 radical (unpaired) electrons. The topological polar surface area (TPSA) is 255 Å². The molecule has 1 saturated heterocycles. The van der Waals surface area contributed by atoms with Crippen LogP contribution in [0.5, 0.6) is 0 Å². The normalized spacial score (nSPS) is 29.9. The third-order valence-electron chi connectivity index (χ3n) is 9.53. The van der Waals surface area contributed by atoms with Gasteiger partial charge in [-0.05, 0) is 46.0 Å². The Morgan fingerprint density at radius 2 is 1.87 bits per heavy atom. The van der Waals surface area contributed by atoms with Crippen LogP contribution < -0.4 is 11.1 Å². The molecule has 0 spiro atoms. The second kappa shape index (κ2) is 20.8. The van der Waals surface area contributed by atoms with Gasteiger partial charge in [0.05, 0.1) is 54.9 Å². The quantitative estimate of drug-likeness (QED) is 0.0322. The number of nitrogens with zero attached hydrogens (tertiary/aromatic N) is 2. The summed E-state index contributed by atoms with van der Waals surface area (Å²) >= 11 is 0. The first-order chi connectivity index (χ1) is 25.9. The summed E-state index contributed by atoms with van der Waals surface area (Å²) in [5, 5.41) is 63.3. The smallest absolute Gasteiger partial charge is 0.338 e. The van der Waals surface area contributed by atoms with E-state index in [1.165, 1.54) is 12.3 Å². The predicted octanol–water partition coefficient (Wildman–Crippen LogP) is 0.144. The zero-order valence-corrected chi connectivity index (χ0v) is 30.9. The molecule has 3 aliphatic heterocycles. The third-order valence-corrected chi connectivity index (χ3v) is 9.53. The largest absolute Gasteiger partial charge is 0.478 e. The third kappa shape index (κ3) is 11.1. The van der Waals surface area contributed by atoms with Crippen molar-refractivity contribution in [2.45, 2.75) is 102 Å². The van der Waals surface area contributed by atoms with E-state index in [0.717, 1.165) is 32.1 Å². The zero-order chi connectivity index (χ0) is 39.4. The molecule has 8 unspecified atom stereocenters. The summed E-state index contributed by atoms with van der Waals surface area (Å²) < 4.78 is 29.9. The lowest BCUT2D eigenvalue weighted by Gasteiger charge is -2.44. The maximum Gasteiger partial charge on any atom is 0.338 e. The van der Waals surface area contributed by atoms with Crippen molar-refractivity contribution in [3.05, 3.63) is 59.7 Å². The van der Waals surface area contributed by atoms with Crippen LogP contribution >= 0.6 is 0 Å². The molecule has 4 rings (SSSR count). The van der Waals surface area contributed by atoms with Gasteiger partial charge in [0.1, 0.15) is 30.5 Å². The average Bonchev–Trinajstić information content (AvgIpc) is 3.14. The highest BCUT2D eigenvalue weighted by atomic mass is 16.8. The summed E-state index contributed by atoms with van der Waals surface area (Å²) in [4.78, 5) is 32.1. The number of esters is 1. The van der Waals surface area contributed by atoms with Crippen LogP contribution in [0.3, 0.4) is 0 Å². The van der Waals surface area contributed by atoms with Crippen LogP contribution in [0, 0.1) is 11.8 Å². The molecule has 0 aromatic carbocycles. The minimum atomic E-state index is -1.48. The molecule has 8 atom stereocenters. The first-order valence-corrected chi connectivity index (χ1v) is 18.4. The standard InChI is InChI=1S/C37H56N4O13/c1-4-24-25(12-11-22-17-41(14-16-43)18-26(33(47)48)29(22)40-37(38)39-13-8-15-42)27(34(49)52-23-9-6-5-7-10-23)20-50-35(24)54-36-32(51-21(2)3)31(46)30(45)28(19-44)53-36/h4,11-12,17,20-21,23-25,28,30-32,35-36,42-46H,1,5-10,13-16,18-19H2,2-3H3,(H,47,48)(H3,38,39,40). The highest BCUT2D eigenvalue weighted by molar-refractivity contribution is 5.92. The Balaban J connectivity index is 1.74. The maximum absolute atomic E-state index is 13.8. The number of aliphatic imine (C=N–C) groups is 1. The molecule has 3 heterocycles. The highest BCUT2D eigenvalue weighted by Crippen LogP contribution is 2.38. The number of hydrogen-bond donors (Lipinski definition) is 8. The van der Waals surface area contributed by atoms with Gasteiger partial charge in [-0.25, -0.2) is 9.59 Å². The molecule has 0 aromatic rings. The molecule has 9 N–H and O–H groups in total. The number of β-amino-alcohol motifs (C(OH)–C–C–N with tert-alkyl or cyclic N) is 1. The summed E-state index contributed by atoms with van der Waals surface area (Å²) in [5.74, 6) is -3.58. The molecule has 1 aliphatic carbocycles. The maximum atomic E-state index is 13.8. The van der Waals surface area contributed by atoms with Gasteiger partial charge in [-0.1, -0.05) is 24.6 Å². The van der Waals surface area contributed by atoms with E-state index >= 15 is 0 Å². The first kappa shape index (κ1) is 42.9. The summed E-state index contributed by atoms with van der Waals surface area (Å²) in [6.45, 7) is 6.74. The Morgan fingerprint density at radius 1 is 1.13 bits per heavy atom. The second-order valence-electron chi connectivity index (χ2n) is 13.8. The summed E-state index contributed by atoms with van der Waals surface area (Å²) in [6, 6.07) is 0. The number of carbonyl (C=O) groups excluding carboxylic acids is 1. The van der Waals surface area contributed by atoms with Gasteiger partial charge in [-0.15, -0.1) is 6.58 Å². The van der Waals surface area contributed by atoms with Crippen molar-refractivity contribution in [3.63, 3.8) is 0 Å². The van der Waals surface area contributed by atoms with Crippen molar-refractivity contribution in [2.75, 3.05) is 39.5 Å². The highest BCUT2D eigenvalue weighted by Gasteiger charge is 2.49. The number of aliphatic hydroxyl groups is 5. The molecule has 0 amide bonds. The van der Waals surface area contributed by atoms with E-state index in [-0.39, 0.29) is 61.8 Å². The van der Waals surface area contributed by atoms with E-state index in [4.69, 9.17) is 34.5 Å². The van der Waals surface area contributed by atoms with Crippen molar-refractivity contribution >= 4 is 17.9 Å². The number of nitrogens with two attached hydrogens (primary N) is 1. The van der Waals surface area contributed by atoms with Crippen LogP contribution in [0.15, 0.2) is 64.7 Å². The summed E-state index contributed by atoms with van der Waals surface area (Å²) in [5.41, 5.74) is 6.67. The number of allylic oxidation sites excluding steroid dienone is 2. The van der Waals surface area contributed by atoms with Gasteiger partial charge in [-0.2, -0.15) is 0 Å². The molecular formula is C37H56N4O13. The summed E-state index contributed by atoms with van der Waals surface area (Å²) in [6.07, 6.45) is 3.81. The van der Waals surface area contributed by atoms with E-state index < -0.39 is 73.5 Å². The molecule has 0 bridgehead atoms. The molecule has 1 saturated carbocycles. The van der Waals surface area contributed by atoms with Crippen molar-refractivity contribution in [1.29, 1.82) is 0 Å². The molecule has 4 aliphatic rings. The number of hydrogen-bond acceptors (Lipinski definition) is 14. The second-order valence-corrected chi connectivity index (χ2v) is 13.8. The molecule has 54 heavy (non-hydrogen) atoms. The SMILES string of the molecule is C=CC1C(OC2OC(CO)C(O)C(O)C2OC(C)C)OC=C(C(=O)OC2CCCCC2)C1C=CC1=CN(CCO)CC(C(=O)O)=C1NC(N)=NCCCO. The number of nitrogens with one attached hydrogen (secondary N) is 1.